The number of hydrogen-bond acceptors (Lipinski definition) is 5. The normalized spacial score (nSPS) is 19.6. The first kappa shape index (κ1) is 14.8. The van der Waals surface area contributed by atoms with Gasteiger partial charge in [0.25, 0.3) is 0 Å². The molecule has 1 heterocycles. The van der Waals surface area contributed by atoms with E-state index in [-0.39, 0.29) is 6.10 Å². The topological polar surface area (TPSA) is 57.5 Å². The number of benzene rings is 1. The number of nitrogens with one attached hydrogen (secondary N) is 1. The summed E-state index contributed by atoms with van der Waals surface area (Å²) in [5.41, 5.74) is 1.73. The summed E-state index contributed by atoms with van der Waals surface area (Å²) in [6.45, 7) is 4.34. The molecule has 5 heteroatoms. The predicted molar refractivity (Wildman–Crippen MR) is 76.7 cm³/mol. The molecular formula is C15H21N3O2. The van der Waals surface area contributed by atoms with Gasteiger partial charge in [0.05, 0.1) is 25.4 Å². The Balaban J connectivity index is 2.01. The van der Waals surface area contributed by atoms with Crippen LogP contribution in [0.15, 0.2) is 18.2 Å². The van der Waals surface area contributed by atoms with Crippen LogP contribution in [-0.2, 0) is 11.3 Å². The second-order valence-electron chi connectivity index (χ2n) is 4.93. The zero-order valence-corrected chi connectivity index (χ0v) is 12.1. The zero-order chi connectivity index (χ0) is 14.4. The van der Waals surface area contributed by atoms with Gasteiger partial charge in [-0.2, -0.15) is 5.26 Å². The molecule has 0 saturated carbocycles. The van der Waals surface area contributed by atoms with Crippen LogP contribution in [0, 0.1) is 11.3 Å². The maximum absolute atomic E-state index is 8.99. The summed E-state index contributed by atoms with van der Waals surface area (Å²) in [5, 5.41) is 12.1. The molecule has 1 aromatic carbocycles. The Hall–Kier alpha value is -1.61. The summed E-state index contributed by atoms with van der Waals surface area (Å²) in [5.74, 6) is 0.644. The summed E-state index contributed by atoms with van der Waals surface area (Å²) >= 11 is 0. The van der Waals surface area contributed by atoms with Gasteiger partial charge in [-0.1, -0.05) is 6.07 Å². The summed E-state index contributed by atoms with van der Waals surface area (Å²) in [7, 11) is 3.53. The highest BCUT2D eigenvalue weighted by molar-refractivity contribution is 5.45. The van der Waals surface area contributed by atoms with Crippen molar-refractivity contribution >= 4 is 0 Å². The lowest BCUT2D eigenvalue weighted by Gasteiger charge is -2.32. The van der Waals surface area contributed by atoms with E-state index < -0.39 is 0 Å². The molecule has 1 saturated heterocycles. The lowest BCUT2D eigenvalue weighted by molar-refractivity contribution is -0.0291. The van der Waals surface area contributed by atoms with Crippen LogP contribution in [0.3, 0.4) is 0 Å². The van der Waals surface area contributed by atoms with Crippen molar-refractivity contribution in [2.75, 3.05) is 40.4 Å². The fourth-order valence-electron chi connectivity index (χ4n) is 2.46. The third-order valence-electron chi connectivity index (χ3n) is 3.45. The van der Waals surface area contributed by atoms with E-state index >= 15 is 0 Å². The number of rotatable bonds is 5. The maximum atomic E-state index is 8.99. The molecule has 1 aromatic rings. The van der Waals surface area contributed by atoms with Gasteiger partial charge in [-0.3, -0.25) is 4.90 Å². The number of ether oxygens (including phenoxy) is 2. The fraction of sp³-hybridized carbons (Fsp3) is 0.533. The lowest BCUT2D eigenvalue weighted by Crippen LogP contribution is -2.45. The molecule has 0 aliphatic carbocycles. The Bertz CT molecular complexity index is 482. The molecule has 20 heavy (non-hydrogen) atoms. The quantitative estimate of drug-likeness (QED) is 0.868. The Kier molecular flexibility index (Phi) is 5.36. The summed E-state index contributed by atoms with van der Waals surface area (Å²) in [6, 6.07) is 7.89. The minimum Gasteiger partial charge on any atom is -0.495 e. The molecule has 0 bridgehead atoms. The highest BCUT2D eigenvalue weighted by atomic mass is 16.5. The van der Waals surface area contributed by atoms with E-state index in [1.54, 1.807) is 7.11 Å². The van der Waals surface area contributed by atoms with Gasteiger partial charge < -0.3 is 14.8 Å². The van der Waals surface area contributed by atoms with E-state index in [0.717, 1.165) is 38.3 Å². The molecule has 1 aliphatic rings. The molecule has 108 valence electrons. The molecule has 1 atom stereocenters. The second kappa shape index (κ2) is 7.25. The largest absolute Gasteiger partial charge is 0.495 e. The zero-order valence-electron chi connectivity index (χ0n) is 12.1. The van der Waals surface area contributed by atoms with Gasteiger partial charge in [0.1, 0.15) is 11.8 Å². The van der Waals surface area contributed by atoms with Crippen molar-refractivity contribution in [1.29, 1.82) is 5.26 Å². The van der Waals surface area contributed by atoms with Crippen LogP contribution in [0.25, 0.3) is 0 Å². The standard InChI is InChI=1S/C15H21N3O2/c1-17-9-14-11-18(5-6-20-14)10-12-3-4-13(8-16)15(7-12)19-2/h3-4,7,14,17H,5-6,9-11H2,1-2H3. The van der Waals surface area contributed by atoms with E-state index in [1.807, 2.05) is 25.2 Å². The van der Waals surface area contributed by atoms with Crippen molar-refractivity contribution in [2.24, 2.45) is 0 Å². The fourth-order valence-corrected chi connectivity index (χ4v) is 2.46. The van der Waals surface area contributed by atoms with E-state index in [1.165, 1.54) is 0 Å². The van der Waals surface area contributed by atoms with Crippen LogP contribution in [0.1, 0.15) is 11.1 Å². The molecular weight excluding hydrogens is 254 g/mol. The van der Waals surface area contributed by atoms with E-state index in [4.69, 9.17) is 14.7 Å². The SMILES string of the molecule is CNCC1CN(Cc2ccc(C#N)c(OC)c2)CCO1. The molecule has 0 spiro atoms. The summed E-state index contributed by atoms with van der Waals surface area (Å²) in [6.07, 6.45) is 0.244. The summed E-state index contributed by atoms with van der Waals surface area (Å²) < 4.78 is 10.9. The van der Waals surface area contributed by atoms with Crippen LogP contribution in [-0.4, -0.2) is 51.4 Å². The number of likely N-dealkylation sites (N-methyl/N-ethyl adjacent to an activating group) is 1. The van der Waals surface area contributed by atoms with Crippen molar-refractivity contribution < 1.29 is 9.47 Å². The van der Waals surface area contributed by atoms with Crippen molar-refractivity contribution in [3.05, 3.63) is 29.3 Å². The second-order valence-corrected chi connectivity index (χ2v) is 4.93. The first-order valence-corrected chi connectivity index (χ1v) is 6.82. The first-order chi connectivity index (χ1) is 9.76. The Morgan fingerprint density at radius 2 is 2.40 bits per heavy atom. The predicted octanol–water partition coefficient (Wildman–Crippen LogP) is 0.987. The number of methoxy groups -OCH3 is 1. The third kappa shape index (κ3) is 3.70. The maximum Gasteiger partial charge on any atom is 0.136 e. The van der Waals surface area contributed by atoms with Crippen molar-refractivity contribution in [2.45, 2.75) is 12.6 Å². The molecule has 0 aromatic heterocycles. The van der Waals surface area contributed by atoms with Crippen LogP contribution in [0.4, 0.5) is 0 Å². The van der Waals surface area contributed by atoms with Gasteiger partial charge in [0.15, 0.2) is 0 Å². The lowest BCUT2D eigenvalue weighted by atomic mass is 10.1. The van der Waals surface area contributed by atoms with E-state index in [0.29, 0.717) is 11.3 Å². The number of nitriles is 1. The molecule has 0 radical (unpaired) electrons. The molecule has 2 rings (SSSR count). The highest BCUT2D eigenvalue weighted by Gasteiger charge is 2.20. The van der Waals surface area contributed by atoms with Crippen molar-refractivity contribution in [1.82, 2.24) is 10.2 Å². The van der Waals surface area contributed by atoms with Gasteiger partial charge >= 0.3 is 0 Å². The van der Waals surface area contributed by atoms with Gasteiger partial charge in [0, 0.05) is 26.2 Å². The van der Waals surface area contributed by atoms with Crippen LogP contribution >= 0.6 is 0 Å². The average Bonchev–Trinajstić information content (AvgIpc) is 2.48. The Labute approximate surface area is 120 Å². The average molecular weight is 275 g/mol. The van der Waals surface area contributed by atoms with Crippen LogP contribution in [0.2, 0.25) is 0 Å². The Morgan fingerprint density at radius 1 is 1.55 bits per heavy atom. The van der Waals surface area contributed by atoms with Gasteiger partial charge in [-0.15, -0.1) is 0 Å². The molecule has 1 aliphatic heterocycles. The monoisotopic (exact) mass is 275 g/mol. The first-order valence-electron chi connectivity index (χ1n) is 6.82. The smallest absolute Gasteiger partial charge is 0.136 e. The minimum atomic E-state index is 0.244. The van der Waals surface area contributed by atoms with Gasteiger partial charge in [-0.25, -0.2) is 0 Å². The molecule has 1 N–H and O–H groups in total. The van der Waals surface area contributed by atoms with Crippen molar-refractivity contribution in [3.8, 4) is 11.8 Å². The molecule has 1 fully saturated rings. The number of morpholine rings is 1. The molecule has 5 nitrogen and oxygen atoms in total. The van der Waals surface area contributed by atoms with E-state index in [2.05, 4.69) is 16.3 Å². The third-order valence-corrected chi connectivity index (χ3v) is 3.45. The molecule has 1 unspecified atom stereocenters. The van der Waals surface area contributed by atoms with Gasteiger partial charge in [-0.05, 0) is 24.7 Å². The van der Waals surface area contributed by atoms with Gasteiger partial charge in [0.2, 0.25) is 0 Å². The number of hydrogen-bond donors (Lipinski definition) is 1. The summed E-state index contributed by atoms with van der Waals surface area (Å²) in [4.78, 5) is 2.37. The minimum absolute atomic E-state index is 0.244. The van der Waals surface area contributed by atoms with Crippen LogP contribution < -0.4 is 10.1 Å². The molecule has 0 amide bonds. The van der Waals surface area contributed by atoms with Crippen molar-refractivity contribution in [3.63, 3.8) is 0 Å². The number of nitrogens with zero attached hydrogens (tertiary/aromatic N) is 2. The highest BCUT2D eigenvalue weighted by Crippen LogP contribution is 2.20. The van der Waals surface area contributed by atoms with Crippen LogP contribution in [0.5, 0.6) is 5.75 Å². The Morgan fingerprint density at radius 3 is 3.10 bits per heavy atom. The van der Waals surface area contributed by atoms with E-state index in [9.17, 15) is 0 Å².